The van der Waals surface area contributed by atoms with Gasteiger partial charge < -0.3 is 9.84 Å². The number of hydrogen-bond donors (Lipinski definition) is 1. The lowest BCUT2D eigenvalue weighted by atomic mass is 9.92. The van der Waals surface area contributed by atoms with Crippen molar-refractivity contribution in [3.63, 3.8) is 0 Å². The van der Waals surface area contributed by atoms with Crippen LogP contribution in [-0.2, 0) is 4.74 Å². The molecule has 2 aromatic rings. The van der Waals surface area contributed by atoms with Crippen molar-refractivity contribution in [2.24, 2.45) is 5.18 Å². The van der Waals surface area contributed by atoms with Crippen LogP contribution >= 0.6 is 0 Å². The largest absolute Gasteiger partial charge is 0.477 e. The fraction of sp³-hybridized carbons (Fsp3) is 0.188. The van der Waals surface area contributed by atoms with Gasteiger partial charge in [0.05, 0.1) is 18.4 Å². The van der Waals surface area contributed by atoms with Crippen LogP contribution in [0.15, 0.2) is 29.4 Å². The number of hydrogen-bond acceptors (Lipinski definition) is 6. The number of nitroso groups, excluding NO2 is 1. The second-order valence-corrected chi connectivity index (χ2v) is 4.83. The summed E-state index contributed by atoms with van der Waals surface area (Å²) in [4.78, 5) is 38.6. The van der Waals surface area contributed by atoms with Crippen molar-refractivity contribution >= 4 is 17.6 Å². The lowest BCUT2D eigenvalue weighted by Gasteiger charge is -2.16. The van der Waals surface area contributed by atoms with Crippen LogP contribution in [0.3, 0.4) is 0 Å². The summed E-state index contributed by atoms with van der Waals surface area (Å²) >= 11 is 0. The van der Waals surface area contributed by atoms with Gasteiger partial charge in [0.2, 0.25) is 0 Å². The van der Waals surface area contributed by atoms with E-state index in [1.54, 1.807) is 18.2 Å². The predicted octanol–water partition coefficient (Wildman–Crippen LogP) is 3.25. The van der Waals surface area contributed by atoms with E-state index < -0.39 is 11.9 Å². The van der Waals surface area contributed by atoms with E-state index in [4.69, 9.17) is 4.74 Å². The number of carboxylic acids is 1. The molecule has 1 aromatic heterocycles. The summed E-state index contributed by atoms with van der Waals surface area (Å²) in [6, 6.07) is 6.37. The van der Waals surface area contributed by atoms with E-state index in [9.17, 15) is 19.6 Å². The molecule has 7 heteroatoms. The zero-order chi connectivity index (χ0) is 17.1. The van der Waals surface area contributed by atoms with Gasteiger partial charge in [-0.15, -0.1) is 4.91 Å². The van der Waals surface area contributed by atoms with Crippen LogP contribution in [-0.4, -0.2) is 29.1 Å². The molecule has 0 saturated heterocycles. The molecule has 0 bridgehead atoms. The lowest BCUT2D eigenvalue weighted by molar-refractivity contribution is 0.0597. The van der Waals surface area contributed by atoms with Gasteiger partial charge in [-0.3, -0.25) is 0 Å². The van der Waals surface area contributed by atoms with Crippen LogP contribution < -0.4 is 0 Å². The average Bonchev–Trinajstić information content (AvgIpc) is 2.55. The third-order valence-corrected chi connectivity index (χ3v) is 3.49. The van der Waals surface area contributed by atoms with Crippen molar-refractivity contribution in [2.75, 3.05) is 7.11 Å². The van der Waals surface area contributed by atoms with Crippen LogP contribution in [0.1, 0.15) is 32.1 Å². The van der Waals surface area contributed by atoms with Gasteiger partial charge in [0.15, 0.2) is 5.69 Å². The molecular weight excluding hydrogens is 300 g/mol. The van der Waals surface area contributed by atoms with E-state index in [0.717, 1.165) is 0 Å². The van der Waals surface area contributed by atoms with E-state index in [2.05, 4.69) is 10.2 Å². The van der Waals surface area contributed by atoms with Crippen LogP contribution in [0.2, 0.25) is 0 Å². The predicted molar refractivity (Wildman–Crippen MR) is 82.9 cm³/mol. The smallest absolute Gasteiger partial charge is 0.354 e. The fourth-order valence-electron chi connectivity index (χ4n) is 2.46. The van der Waals surface area contributed by atoms with Gasteiger partial charge in [-0.2, -0.15) is 0 Å². The van der Waals surface area contributed by atoms with Crippen molar-refractivity contribution in [3.05, 3.63) is 51.7 Å². The number of benzene rings is 1. The third-order valence-electron chi connectivity index (χ3n) is 3.49. The molecule has 1 heterocycles. The lowest BCUT2D eigenvalue weighted by Crippen LogP contribution is -2.14. The molecule has 118 valence electrons. The maximum Gasteiger partial charge on any atom is 0.354 e. The average molecular weight is 314 g/mol. The molecule has 1 N–H and O–H groups in total. The van der Waals surface area contributed by atoms with E-state index >= 15 is 0 Å². The molecule has 0 aliphatic carbocycles. The summed E-state index contributed by atoms with van der Waals surface area (Å²) in [5, 5.41) is 12.3. The first-order valence-corrected chi connectivity index (χ1v) is 6.67. The minimum Gasteiger partial charge on any atom is -0.477 e. The Morgan fingerprint density at radius 3 is 2.43 bits per heavy atom. The Balaban J connectivity index is 2.96. The SMILES string of the molecule is COC(=O)c1c(C)nc(C(=O)O)c(C)c1-c1ccccc1N=O. The van der Waals surface area contributed by atoms with Gasteiger partial charge in [-0.1, -0.05) is 18.2 Å². The highest BCUT2D eigenvalue weighted by Crippen LogP contribution is 2.37. The van der Waals surface area contributed by atoms with Gasteiger partial charge in [-0.25, -0.2) is 14.6 Å². The molecular formula is C16H14N2O5. The number of pyridine rings is 1. The number of carbonyl (C=O) groups is 2. The number of aromatic nitrogens is 1. The Kier molecular flexibility index (Phi) is 4.49. The van der Waals surface area contributed by atoms with E-state index in [1.807, 2.05) is 0 Å². The fourth-order valence-corrected chi connectivity index (χ4v) is 2.46. The molecule has 0 unspecified atom stereocenters. The number of nitrogens with zero attached hydrogens (tertiary/aromatic N) is 2. The Morgan fingerprint density at radius 1 is 1.22 bits per heavy atom. The van der Waals surface area contributed by atoms with Crippen LogP contribution in [0.5, 0.6) is 0 Å². The maximum absolute atomic E-state index is 12.1. The molecule has 0 fully saturated rings. The Bertz CT molecular complexity index is 814. The van der Waals surface area contributed by atoms with Crippen molar-refractivity contribution in [1.29, 1.82) is 0 Å². The number of rotatable bonds is 4. The first kappa shape index (κ1) is 16.3. The summed E-state index contributed by atoms with van der Waals surface area (Å²) in [6.07, 6.45) is 0. The monoisotopic (exact) mass is 314 g/mol. The summed E-state index contributed by atoms with van der Waals surface area (Å²) in [7, 11) is 1.22. The van der Waals surface area contributed by atoms with Gasteiger partial charge >= 0.3 is 11.9 Å². The first-order valence-electron chi connectivity index (χ1n) is 6.67. The van der Waals surface area contributed by atoms with Crippen molar-refractivity contribution in [2.45, 2.75) is 13.8 Å². The Hall–Kier alpha value is -3.09. The first-order chi connectivity index (χ1) is 10.9. The Morgan fingerprint density at radius 2 is 1.87 bits per heavy atom. The molecule has 0 atom stereocenters. The van der Waals surface area contributed by atoms with Crippen molar-refractivity contribution < 1.29 is 19.4 Å². The van der Waals surface area contributed by atoms with E-state index in [-0.39, 0.29) is 33.8 Å². The molecule has 0 aliphatic heterocycles. The molecule has 0 radical (unpaired) electrons. The molecule has 2 rings (SSSR count). The zero-order valence-corrected chi connectivity index (χ0v) is 12.8. The number of esters is 1. The Labute approximate surface area is 131 Å². The molecule has 0 aliphatic rings. The number of methoxy groups -OCH3 is 1. The number of carbonyl (C=O) groups excluding carboxylic acids is 1. The maximum atomic E-state index is 12.1. The summed E-state index contributed by atoms with van der Waals surface area (Å²) in [5.74, 6) is -1.88. The summed E-state index contributed by atoms with van der Waals surface area (Å²) < 4.78 is 4.77. The minimum atomic E-state index is -1.22. The van der Waals surface area contributed by atoms with Crippen molar-refractivity contribution in [1.82, 2.24) is 4.98 Å². The second-order valence-electron chi connectivity index (χ2n) is 4.83. The molecule has 0 amide bonds. The standard InChI is InChI=1S/C16H14N2O5/c1-8-12(10-6-4-5-7-11(10)18-22)13(16(21)23-3)9(2)17-14(8)15(19)20/h4-7H,1-3H3,(H,19,20). The van der Waals surface area contributed by atoms with Gasteiger partial charge in [0.1, 0.15) is 5.69 Å². The quantitative estimate of drug-likeness (QED) is 0.686. The topological polar surface area (TPSA) is 106 Å². The number of aromatic carboxylic acids is 1. The van der Waals surface area contributed by atoms with Crippen LogP contribution in [0.25, 0.3) is 11.1 Å². The summed E-state index contributed by atoms with van der Waals surface area (Å²) in [5.41, 5.74) is 1.14. The second kappa shape index (κ2) is 6.35. The van der Waals surface area contributed by atoms with Gasteiger partial charge in [-0.05, 0) is 30.7 Å². The normalized spacial score (nSPS) is 10.2. The number of ether oxygens (including phenoxy) is 1. The number of carboxylic acid groups (broad SMARTS) is 1. The van der Waals surface area contributed by atoms with E-state index in [0.29, 0.717) is 5.56 Å². The van der Waals surface area contributed by atoms with Crippen molar-refractivity contribution in [3.8, 4) is 11.1 Å². The van der Waals surface area contributed by atoms with Crippen LogP contribution in [0, 0.1) is 18.8 Å². The molecule has 0 spiro atoms. The highest BCUT2D eigenvalue weighted by Gasteiger charge is 2.26. The van der Waals surface area contributed by atoms with Gasteiger partial charge in [0, 0.05) is 11.1 Å². The minimum absolute atomic E-state index is 0.0997. The van der Waals surface area contributed by atoms with E-state index in [1.165, 1.54) is 27.0 Å². The number of aryl methyl sites for hydroxylation is 1. The van der Waals surface area contributed by atoms with Crippen LogP contribution in [0.4, 0.5) is 5.69 Å². The molecule has 0 saturated carbocycles. The molecule has 7 nitrogen and oxygen atoms in total. The highest BCUT2D eigenvalue weighted by molar-refractivity contribution is 6.03. The molecule has 23 heavy (non-hydrogen) atoms. The summed E-state index contributed by atoms with van der Waals surface area (Å²) in [6.45, 7) is 3.04. The zero-order valence-electron chi connectivity index (χ0n) is 12.8. The highest BCUT2D eigenvalue weighted by atomic mass is 16.5. The van der Waals surface area contributed by atoms with Gasteiger partial charge in [0.25, 0.3) is 0 Å². The molecule has 1 aromatic carbocycles. The third kappa shape index (κ3) is 2.80.